The summed E-state index contributed by atoms with van der Waals surface area (Å²) in [6, 6.07) is 1.85. The lowest BCUT2D eigenvalue weighted by Gasteiger charge is -2.23. The standard InChI is InChI=1S/C13H14ClN3O3S/c14-12-15-9-5-8(6-18)21-10(9)11(16-12)17-2-1-13(7-17)19-3-4-20-13/h5,18H,1-4,6-7H2. The van der Waals surface area contributed by atoms with Gasteiger partial charge in [-0.05, 0) is 17.7 Å². The summed E-state index contributed by atoms with van der Waals surface area (Å²) in [6.45, 7) is 2.72. The van der Waals surface area contributed by atoms with Crippen molar-refractivity contribution in [1.82, 2.24) is 9.97 Å². The molecule has 0 atom stereocenters. The lowest BCUT2D eigenvalue weighted by molar-refractivity contribution is -0.137. The number of aliphatic hydroxyl groups is 1. The number of aliphatic hydroxyl groups excluding tert-OH is 1. The minimum atomic E-state index is -0.499. The van der Waals surface area contributed by atoms with Crippen molar-refractivity contribution in [3.63, 3.8) is 0 Å². The van der Waals surface area contributed by atoms with Crippen LogP contribution in [0.4, 0.5) is 5.82 Å². The number of anilines is 1. The van der Waals surface area contributed by atoms with Gasteiger partial charge in [-0.3, -0.25) is 0 Å². The molecule has 2 aliphatic rings. The molecule has 112 valence electrons. The molecule has 2 fully saturated rings. The Labute approximate surface area is 130 Å². The zero-order valence-electron chi connectivity index (χ0n) is 11.2. The molecule has 2 aliphatic heterocycles. The second-order valence-electron chi connectivity index (χ2n) is 5.18. The molecule has 0 unspecified atom stereocenters. The van der Waals surface area contributed by atoms with Gasteiger partial charge in [0.25, 0.3) is 0 Å². The molecule has 0 aliphatic carbocycles. The van der Waals surface area contributed by atoms with E-state index >= 15 is 0 Å². The van der Waals surface area contributed by atoms with Crippen molar-refractivity contribution in [1.29, 1.82) is 0 Å². The van der Waals surface area contributed by atoms with Crippen molar-refractivity contribution in [2.24, 2.45) is 0 Å². The molecule has 1 N–H and O–H groups in total. The van der Waals surface area contributed by atoms with Crippen LogP contribution >= 0.6 is 22.9 Å². The van der Waals surface area contributed by atoms with E-state index in [4.69, 9.17) is 21.1 Å². The van der Waals surface area contributed by atoms with Gasteiger partial charge in [0.1, 0.15) is 0 Å². The molecule has 1 spiro atoms. The third-order valence-electron chi connectivity index (χ3n) is 3.84. The van der Waals surface area contributed by atoms with E-state index in [2.05, 4.69) is 14.9 Å². The molecule has 8 heteroatoms. The Bertz CT molecular complexity index is 687. The van der Waals surface area contributed by atoms with Crippen LogP contribution in [0.15, 0.2) is 6.07 Å². The highest BCUT2D eigenvalue weighted by molar-refractivity contribution is 7.19. The summed E-state index contributed by atoms with van der Waals surface area (Å²) >= 11 is 7.53. The van der Waals surface area contributed by atoms with Gasteiger partial charge in [0.2, 0.25) is 5.28 Å². The lowest BCUT2D eigenvalue weighted by atomic mass is 10.2. The summed E-state index contributed by atoms with van der Waals surface area (Å²) in [4.78, 5) is 11.6. The van der Waals surface area contributed by atoms with Crippen LogP contribution in [0.5, 0.6) is 0 Å². The van der Waals surface area contributed by atoms with Crippen molar-refractivity contribution < 1.29 is 14.6 Å². The van der Waals surface area contributed by atoms with Gasteiger partial charge in [0, 0.05) is 17.8 Å². The van der Waals surface area contributed by atoms with Crippen LogP contribution in [-0.4, -0.2) is 47.2 Å². The molecule has 0 radical (unpaired) electrons. The van der Waals surface area contributed by atoms with Gasteiger partial charge in [-0.1, -0.05) is 0 Å². The maximum atomic E-state index is 9.31. The van der Waals surface area contributed by atoms with Crippen molar-refractivity contribution in [2.75, 3.05) is 31.2 Å². The van der Waals surface area contributed by atoms with E-state index in [1.165, 1.54) is 11.3 Å². The fourth-order valence-electron chi connectivity index (χ4n) is 2.90. The number of ether oxygens (including phenoxy) is 2. The highest BCUT2D eigenvalue weighted by Crippen LogP contribution is 2.38. The zero-order valence-corrected chi connectivity index (χ0v) is 12.8. The number of halogens is 1. The maximum absolute atomic E-state index is 9.31. The highest BCUT2D eigenvalue weighted by Gasteiger charge is 2.44. The number of hydrogen-bond donors (Lipinski definition) is 1. The van der Waals surface area contributed by atoms with E-state index in [0.717, 1.165) is 33.9 Å². The summed E-state index contributed by atoms with van der Waals surface area (Å²) in [5.74, 6) is 0.298. The number of rotatable bonds is 2. The molecule has 0 amide bonds. The average Bonchev–Trinajstić information content (AvgIpc) is 3.19. The van der Waals surface area contributed by atoms with E-state index in [1.807, 2.05) is 6.07 Å². The van der Waals surface area contributed by atoms with E-state index in [-0.39, 0.29) is 11.9 Å². The molecule has 2 saturated heterocycles. The summed E-state index contributed by atoms with van der Waals surface area (Å²) < 4.78 is 12.4. The fraction of sp³-hybridized carbons (Fsp3) is 0.538. The minimum Gasteiger partial charge on any atom is -0.391 e. The van der Waals surface area contributed by atoms with Crippen LogP contribution in [0.25, 0.3) is 10.2 Å². The lowest BCUT2D eigenvalue weighted by Crippen LogP contribution is -2.34. The molecule has 4 heterocycles. The van der Waals surface area contributed by atoms with Gasteiger partial charge >= 0.3 is 0 Å². The quantitative estimate of drug-likeness (QED) is 0.848. The van der Waals surface area contributed by atoms with E-state index in [9.17, 15) is 5.11 Å². The smallest absolute Gasteiger partial charge is 0.224 e. The van der Waals surface area contributed by atoms with E-state index in [1.54, 1.807) is 0 Å². The Morgan fingerprint density at radius 2 is 2.19 bits per heavy atom. The number of aromatic nitrogens is 2. The minimum absolute atomic E-state index is 0.00571. The van der Waals surface area contributed by atoms with Crippen LogP contribution in [0, 0.1) is 0 Å². The molecule has 0 aromatic carbocycles. The topological polar surface area (TPSA) is 67.7 Å². The fourth-order valence-corrected chi connectivity index (χ4v) is 4.04. The summed E-state index contributed by atoms with van der Waals surface area (Å²) in [5, 5.41) is 9.52. The molecule has 0 bridgehead atoms. The molecule has 2 aromatic heterocycles. The van der Waals surface area contributed by atoms with Gasteiger partial charge in [-0.2, -0.15) is 4.98 Å². The van der Waals surface area contributed by atoms with Crippen LogP contribution in [0.2, 0.25) is 5.28 Å². The average molecular weight is 328 g/mol. The highest BCUT2D eigenvalue weighted by atomic mass is 35.5. The molecular weight excluding hydrogens is 314 g/mol. The van der Waals surface area contributed by atoms with Crippen LogP contribution in [0.1, 0.15) is 11.3 Å². The van der Waals surface area contributed by atoms with Crippen molar-refractivity contribution in [2.45, 2.75) is 18.8 Å². The Morgan fingerprint density at radius 3 is 2.95 bits per heavy atom. The molecule has 6 nitrogen and oxygen atoms in total. The Morgan fingerprint density at radius 1 is 1.38 bits per heavy atom. The summed E-state index contributed by atoms with van der Waals surface area (Å²) in [5.41, 5.74) is 0.772. The second-order valence-corrected chi connectivity index (χ2v) is 6.66. The molecule has 21 heavy (non-hydrogen) atoms. The first-order chi connectivity index (χ1) is 10.2. The van der Waals surface area contributed by atoms with Crippen LogP contribution < -0.4 is 4.90 Å². The van der Waals surface area contributed by atoms with E-state index < -0.39 is 5.79 Å². The van der Waals surface area contributed by atoms with Gasteiger partial charge < -0.3 is 19.5 Å². The first-order valence-electron chi connectivity index (χ1n) is 6.79. The largest absolute Gasteiger partial charge is 0.391 e. The normalized spacial score (nSPS) is 21.0. The monoisotopic (exact) mass is 327 g/mol. The second kappa shape index (κ2) is 5.03. The van der Waals surface area contributed by atoms with Gasteiger partial charge in [-0.15, -0.1) is 11.3 Å². The molecule has 0 saturated carbocycles. The number of hydrogen-bond acceptors (Lipinski definition) is 7. The summed E-state index contributed by atoms with van der Waals surface area (Å²) in [7, 11) is 0. The van der Waals surface area contributed by atoms with Crippen molar-refractivity contribution >= 4 is 39.0 Å². The predicted octanol–water partition coefficient (Wildman–Crippen LogP) is 1.79. The first kappa shape index (κ1) is 13.7. The van der Waals surface area contributed by atoms with Crippen LogP contribution in [0.3, 0.4) is 0 Å². The van der Waals surface area contributed by atoms with Crippen LogP contribution in [-0.2, 0) is 16.1 Å². The number of fused-ring (bicyclic) bond motifs is 1. The summed E-state index contributed by atoms with van der Waals surface area (Å²) in [6.07, 6.45) is 0.814. The number of nitrogens with zero attached hydrogens (tertiary/aromatic N) is 3. The Balaban J connectivity index is 1.74. The van der Waals surface area contributed by atoms with Gasteiger partial charge in [0.15, 0.2) is 11.6 Å². The van der Waals surface area contributed by atoms with Gasteiger partial charge in [0.05, 0.1) is 36.6 Å². The third kappa shape index (κ3) is 2.29. The molecule has 4 rings (SSSR count). The molecule has 2 aromatic rings. The Hall–Kier alpha value is -0.990. The SMILES string of the molecule is OCc1cc2nc(Cl)nc(N3CCC4(C3)OCCO4)c2s1. The number of thiophene rings is 1. The zero-order chi connectivity index (χ0) is 14.4. The molecular formula is C13H14ClN3O3S. The van der Waals surface area contributed by atoms with Crippen molar-refractivity contribution in [3.8, 4) is 0 Å². The Kier molecular flexibility index (Phi) is 3.27. The predicted molar refractivity (Wildman–Crippen MR) is 79.8 cm³/mol. The van der Waals surface area contributed by atoms with Crippen molar-refractivity contribution in [3.05, 3.63) is 16.2 Å². The van der Waals surface area contributed by atoms with Gasteiger partial charge in [-0.25, -0.2) is 4.98 Å². The first-order valence-corrected chi connectivity index (χ1v) is 7.98. The van der Waals surface area contributed by atoms with E-state index in [0.29, 0.717) is 19.8 Å². The third-order valence-corrected chi connectivity index (χ3v) is 5.11. The maximum Gasteiger partial charge on any atom is 0.224 e.